The van der Waals surface area contributed by atoms with E-state index in [1.165, 1.54) is 38.0 Å². The number of anilines is 2. The Bertz CT molecular complexity index is 2250. The quantitative estimate of drug-likeness (QED) is 0.126. The molecule has 0 spiro atoms. The highest BCUT2D eigenvalue weighted by Gasteiger charge is 2.05. The minimum atomic E-state index is 0.795. The number of aromatic amines is 3. The van der Waals surface area contributed by atoms with Crippen LogP contribution in [0.3, 0.4) is 0 Å². The summed E-state index contributed by atoms with van der Waals surface area (Å²) in [6.07, 6.45) is 0. The summed E-state index contributed by atoms with van der Waals surface area (Å²) in [5, 5.41) is 7.41. The van der Waals surface area contributed by atoms with E-state index in [-0.39, 0.29) is 0 Å². The van der Waals surface area contributed by atoms with E-state index in [9.17, 15) is 0 Å². The molecule has 5 heteroatoms. The van der Waals surface area contributed by atoms with Crippen molar-refractivity contribution in [1.29, 1.82) is 0 Å². The molecule has 0 atom stereocenters. The first-order valence-electron chi connectivity index (χ1n) is 13.6. The van der Waals surface area contributed by atoms with Gasteiger partial charge in [0.05, 0.1) is 0 Å². The number of hydrogen-bond donors (Lipinski definition) is 5. The lowest BCUT2D eigenvalue weighted by Crippen LogP contribution is -1.83. The second kappa shape index (κ2) is 10.1. The van der Waals surface area contributed by atoms with Crippen LogP contribution >= 0.6 is 0 Å². The minimum absolute atomic E-state index is 0.795. The Morgan fingerprint density at radius 1 is 0.341 bits per heavy atom. The van der Waals surface area contributed by atoms with E-state index in [4.69, 9.17) is 11.5 Å². The van der Waals surface area contributed by atoms with Crippen molar-refractivity contribution in [2.75, 3.05) is 11.5 Å². The van der Waals surface area contributed by atoms with Crippen LogP contribution in [0.2, 0.25) is 0 Å². The smallest absolute Gasteiger partial charge is 0.0485 e. The standard InChI is InChI=1S/2C12H10N2.C12H9N/c13-9-5-3-7-11-12(9)8-4-1-2-6-10(8)14-11;13-8-5-6-10-9-3-1-2-4-11(9)14-12(10)7-8;1-3-7-11-9(5-1)10-6-2-4-8-12(10)13-11/h2*1-7,14H,13H2;1-8,13H. The second-order valence-corrected chi connectivity index (χ2v) is 10.1. The average molecular weight is 532 g/mol. The molecule has 0 aliphatic heterocycles. The number of H-pyrrole nitrogens is 3. The van der Waals surface area contributed by atoms with Crippen LogP contribution in [-0.2, 0) is 0 Å². The third-order valence-electron chi connectivity index (χ3n) is 7.51. The summed E-state index contributed by atoms with van der Waals surface area (Å²) in [5.41, 5.74) is 20.2. The summed E-state index contributed by atoms with van der Waals surface area (Å²) in [6.45, 7) is 0. The third-order valence-corrected chi connectivity index (χ3v) is 7.51. The van der Waals surface area contributed by atoms with Crippen LogP contribution in [0.5, 0.6) is 0 Å². The lowest BCUT2D eigenvalue weighted by molar-refractivity contribution is 1.55. The Balaban J connectivity index is 0.000000101. The zero-order valence-corrected chi connectivity index (χ0v) is 22.4. The predicted molar refractivity (Wildman–Crippen MR) is 176 cm³/mol. The number of aromatic nitrogens is 3. The van der Waals surface area contributed by atoms with Gasteiger partial charge < -0.3 is 26.4 Å². The molecule has 9 aromatic rings. The summed E-state index contributed by atoms with van der Waals surface area (Å²) in [7, 11) is 0. The number of hydrogen-bond acceptors (Lipinski definition) is 2. The van der Waals surface area contributed by atoms with Crippen LogP contribution < -0.4 is 11.5 Å². The highest BCUT2D eigenvalue weighted by Crippen LogP contribution is 2.29. The number of benzene rings is 6. The number of nitrogens with two attached hydrogens (primary N) is 2. The summed E-state index contributed by atoms with van der Waals surface area (Å²) in [6, 6.07) is 45.1. The maximum atomic E-state index is 5.95. The van der Waals surface area contributed by atoms with Crippen molar-refractivity contribution in [3.05, 3.63) is 133 Å². The van der Waals surface area contributed by atoms with Crippen molar-refractivity contribution in [2.24, 2.45) is 0 Å². The minimum Gasteiger partial charge on any atom is -0.399 e. The van der Waals surface area contributed by atoms with E-state index in [1.807, 2.05) is 54.6 Å². The largest absolute Gasteiger partial charge is 0.399 e. The van der Waals surface area contributed by atoms with Gasteiger partial charge in [-0.05, 0) is 48.5 Å². The summed E-state index contributed by atoms with van der Waals surface area (Å²) >= 11 is 0. The van der Waals surface area contributed by atoms with Crippen molar-refractivity contribution < 1.29 is 0 Å². The Morgan fingerprint density at radius 3 is 1.34 bits per heavy atom. The van der Waals surface area contributed by atoms with E-state index < -0.39 is 0 Å². The van der Waals surface area contributed by atoms with Crippen molar-refractivity contribution >= 4 is 76.8 Å². The first-order valence-corrected chi connectivity index (χ1v) is 13.6. The molecule has 0 radical (unpaired) electrons. The molecule has 0 aliphatic rings. The van der Waals surface area contributed by atoms with Gasteiger partial charge in [0.25, 0.3) is 0 Å². The van der Waals surface area contributed by atoms with Gasteiger partial charge in [0.1, 0.15) is 0 Å². The highest BCUT2D eigenvalue weighted by molar-refractivity contribution is 6.13. The molecule has 6 aromatic carbocycles. The molecule has 198 valence electrons. The summed E-state index contributed by atoms with van der Waals surface area (Å²) in [5.74, 6) is 0. The molecule has 0 aliphatic carbocycles. The molecule has 0 unspecified atom stereocenters. The van der Waals surface area contributed by atoms with Crippen LogP contribution in [0.25, 0.3) is 65.4 Å². The van der Waals surface area contributed by atoms with Crippen LogP contribution in [0, 0.1) is 0 Å². The molecular formula is C36H29N5. The van der Waals surface area contributed by atoms with Gasteiger partial charge in [-0.15, -0.1) is 0 Å². The number of nitrogens with one attached hydrogen (secondary N) is 3. The number of rotatable bonds is 0. The predicted octanol–water partition coefficient (Wildman–Crippen LogP) is 9.13. The van der Waals surface area contributed by atoms with Gasteiger partial charge in [0.2, 0.25) is 0 Å². The Labute approximate surface area is 236 Å². The zero-order chi connectivity index (χ0) is 27.8. The fourth-order valence-electron chi connectivity index (χ4n) is 5.60. The Morgan fingerprint density at radius 2 is 0.756 bits per heavy atom. The van der Waals surface area contributed by atoms with Gasteiger partial charge in [0, 0.05) is 76.8 Å². The lowest BCUT2D eigenvalue weighted by atomic mass is 10.1. The van der Waals surface area contributed by atoms with Crippen LogP contribution in [-0.4, -0.2) is 15.0 Å². The van der Waals surface area contributed by atoms with Gasteiger partial charge >= 0.3 is 0 Å². The normalized spacial score (nSPS) is 11.1. The van der Waals surface area contributed by atoms with E-state index in [0.717, 1.165) is 38.8 Å². The van der Waals surface area contributed by atoms with E-state index in [0.29, 0.717) is 0 Å². The van der Waals surface area contributed by atoms with Gasteiger partial charge in [0.15, 0.2) is 0 Å². The maximum absolute atomic E-state index is 5.95. The average Bonchev–Trinajstić information content (AvgIpc) is 3.69. The van der Waals surface area contributed by atoms with Gasteiger partial charge in [-0.3, -0.25) is 0 Å². The number of fused-ring (bicyclic) bond motifs is 9. The van der Waals surface area contributed by atoms with Crippen molar-refractivity contribution in [3.8, 4) is 0 Å². The van der Waals surface area contributed by atoms with E-state index in [1.54, 1.807) is 0 Å². The van der Waals surface area contributed by atoms with Crippen LogP contribution in [0.1, 0.15) is 0 Å². The topological polar surface area (TPSA) is 99.4 Å². The molecule has 0 bridgehead atoms. The first-order chi connectivity index (χ1) is 20.2. The molecule has 41 heavy (non-hydrogen) atoms. The van der Waals surface area contributed by atoms with Crippen LogP contribution in [0.4, 0.5) is 11.4 Å². The molecule has 0 amide bonds. The van der Waals surface area contributed by atoms with Gasteiger partial charge in [-0.2, -0.15) is 0 Å². The van der Waals surface area contributed by atoms with Gasteiger partial charge in [-0.1, -0.05) is 84.9 Å². The molecule has 3 heterocycles. The Hall–Kier alpha value is -5.68. The highest BCUT2D eigenvalue weighted by atomic mass is 14.7. The summed E-state index contributed by atoms with van der Waals surface area (Å²) < 4.78 is 0. The zero-order valence-electron chi connectivity index (χ0n) is 22.4. The monoisotopic (exact) mass is 531 g/mol. The molecule has 0 fully saturated rings. The fourth-order valence-corrected chi connectivity index (χ4v) is 5.60. The number of para-hydroxylation sites is 4. The molecule has 0 saturated carbocycles. The number of nitrogen functional groups attached to an aromatic ring is 2. The molecule has 3 aromatic heterocycles. The van der Waals surface area contributed by atoms with Gasteiger partial charge in [-0.25, -0.2) is 0 Å². The molecule has 0 saturated heterocycles. The Kier molecular flexibility index (Phi) is 6.02. The summed E-state index contributed by atoms with van der Waals surface area (Å²) in [4.78, 5) is 10.1. The maximum Gasteiger partial charge on any atom is 0.0485 e. The van der Waals surface area contributed by atoms with E-state index >= 15 is 0 Å². The van der Waals surface area contributed by atoms with Crippen molar-refractivity contribution in [2.45, 2.75) is 0 Å². The molecule has 5 nitrogen and oxygen atoms in total. The lowest BCUT2D eigenvalue weighted by Gasteiger charge is -1.95. The van der Waals surface area contributed by atoms with E-state index in [2.05, 4.69) is 93.8 Å². The first kappa shape index (κ1) is 24.4. The molecular weight excluding hydrogens is 502 g/mol. The second-order valence-electron chi connectivity index (χ2n) is 10.1. The SMILES string of the molecule is Nc1ccc2c(c1)[nH]c1ccccc12.Nc1cccc2[nH]c3ccccc3c12.c1ccc2c(c1)[nH]c1ccccc12. The van der Waals surface area contributed by atoms with Crippen LogP contribution in [0.15, 0.2) is 133 Å². The van der Waals surface area contributed by atoms with Crippen molar-refractivity contribution in [1.82, 2.24) is 15.0 Å². The molecule has 7 N–H and O–H groups in total. The third kappa shape index (κ3) is 4.49. The molecule has 9 rings (SSSR count). The fraction of sp³-hybridized carbons (Fsp3) is 0. The van der Waals surface area contributed by atoms with Crippen molar-refractivity contribution in [3.63, 3.8) is 0 Å².